The zero-order valence-electron chi connectivity index (χ0n) is 27.4. The Balaban J connectivity index is 0.000000326. The molecular weight excluding hydrogens is 635 g/mol. The van der Waals surface area contributed by atoms with Crippen LogP contribution < -0.4 is 0 Å². The SMILES string of the molecule is CC1C2CC(C1C)C(CC1CC3CC1C(C(=O)OCCO)(C(F)(F)F)C3)(C(F)(F)F)C2.CCC(C)(C(=O)OC(C)(C)C)C(F)(F)F. The molecule has 10 unspecified atom stereocenters. The Labute approximate surface area is 264 Å². The number of ether oxygens (including phenoxy) is 2. The third-order valence-electron chi connectivity index (χ3n) is 11.7. The van der Waals surface area contributed by atoms with Gasteiger partial charge >= 0.3 is 30.5 Å². The predicted molar refractivity (Wildman–Crippen MR) is 149 cm³/mol. The molecule has 0 aliphatic heterocycles. The standard InChI is InChI=1S/C22H30F6O3.C10H17F3O2/c1-11-12(2)16-7-14(11)9-19(16,21(23,24)25)10-15-5-13-6-17(15)20(8-13,22(26,27)28)18(30)31-4-3-29;1-6-9(5,10(11,12)13)7(14)15-8(2,3)4/h11-17,29H,3-10H2,1-2H3;6H2,1-5H3. The summed E-state index contributed by atoms with van der Waals surface area (Å²) in [5.74, 6) is -5.68. The molecule has 268 valence electrons. The van der Waals surface area contributed by atoms with Gasteiger partial charge in [-0.25, -0.2) is 0 Å². The number of esters is 2. The van der Waals surface area contributed by atoms with Crippen LogP contribution in [0.15, 0.2) is 0 Å². The van der Waals surface area contributed by atoms with Crippen LogP contribution in [0.5, 0.6) is 0 Å². The van der Waals surface area contributed by atoms with E-state index in [0.717, 1.165) is 6.92 Å². The maximum Gasteiger partial charge on any atom is 0.405 e. The molecule has 0 aromatic heterocycles. The van der Waals surface area contributed by atoms with Gasteiger partial charge in [-0.05, 0) is 114 Å². The maximum atomic E-state index is 14.5. The Morgan fingerprint density at radius 2 is 1.41 bits per heavy atom. The van der Waals surface area contributed by atoms with Crippen LogP contribution in [0.1, 0.15) is 93.4 Å². The second kappa shape index (κ2) is 12.6. The van der Waals surface area contributed by atoms with Crippen molar-refractivity contribution in [3.63, 3.8) is 0 Å². The van der Waals surface area contributed by atoms with Crippen LogP contribution in [0.2, 0.25) is 0 Å². The van der Waals surface area contributed by atoms with E-state index in [4.69, 9.17) is 14.6 Å². The number of halogens is 9. The summed E-state index contributed by atoms with van der Waals surface area (Å²) >= 11 is 0. The highest BCUT2D eigenvalue weighted by Crippen LogP contribution is 2.72. The largest absolute Gasteiger partial charge is 0.463 e. The molecule has 0 spiro atoms. The molecule has 4 aliphatic carbocycles. The number of carbonyl (C=O) groups excluding carboxylic acids is 2. The highest BCUT2D eigenvalue weighted by Gasteiger charge is 2.75. The molecule has 0 radical (unpaired) electrons. The molecule has 4 saturated carbocycles. The van der Waals surface area contributed by atoms with Gasteiger partial charge in [-0.1, -0.05) is 20.8 Å². The van der Waals surface area contributed by atoms with Gasteiger partial charge in [0.25, 0.3) is 0 Å². The van der Waals surface area contributed by atoms with Crippen molar-refractivity contribution < 1.29 is 63.7 Å². The van der Waals surface area contributed by atoms with Crippen LogP contribution in [0.4, 0.5) is 39.5 Å². The van der Waals surface area contributed by atoms with Crippen molar-refractivity contribution in [3.8, 4) is 0 Å². The Morgan fingerprint density at radius 3 is 1.80 bits per heavy atom. The van der Waals surface area contributed by atoms with Gasteiger partial charge in [-0.15, -0.1) is 0 Å². The van der Waals surface area contributed by atoms with Gasteiger partial charge in [-0.2, -0.15) is 39.5 Å². The molecule has 14 heteroatoms. The third-order valence-corrected chi connectivity index (χ3v) is 11.7. The molecule has 4 aliphatic rings. The van der Waals surface area contributed by atoms with E-state index in [1.807, 2.05) is 13.8 Å². The number of fused-ring (bicyclic) bond motifs is 4. The van der Waals surface area contributed by atoms with Crippen molar-refractivity contribution in [1.29, 1.82) is 0 Å². The van der Waals surface area contributed by atoms with E-state index in [1.165, 1.54) is 27.7 Å². The molecule has 0 saturated heterocycles. The minimum absolute atomic E-state index is 0.0193. The first-order valence-electron chi connectivity index (χ1n) is 15.9. The number of aliphatic hydroxyl groups excluding tert-OH is 1. The molecule has 0 heterocycles. The molecule has 0 aromatic rings. The van der Waals surface area contributed by atoms with Gasteiger partial charge in [-0.3, -0.25) is 9.59 Å². The number of hydrogen-bond acceptors (Lipinski definition) is 5. The summed E-state index contributed by atoms with van der Waals surface area (Å²) in [6.07, 6.45) is -14.2. The fraction of sp³-hybridized carbons (Fsp3) is 0.938. The van der Waals surface area contributed by atoms with E-state index in [0.29, 0.717) is 12.8 Å². The van der Waals surface area contributed by atoms with E-state index in [9.17, 15) is 49.1 Å². The number of carbonyl (C=O) groups is 2. The van der Waals surface area contributed by atoms with Gasteiger partial charge in [0.2, 0.25) is 0 Å². The Hall–Kier alpha value is -1.73. The van der Waals surface area contributed by atoms with Gasteiger partial charge in [0, 0.05) is 0 Å². The maximum absolute atomic E-state index is 14.5. The van der Waals surface area contributed by atoms with Crippen LogP contribution >= 0.6 is 0 Å². The number of hydrogen-bond donors (Lipinski definition) is 1. The molecular formula is C32H47F9O5. The minimum Gasteiger partial charge on any atom is -0.463 e. The van der Waals surface area contributed by atoms with E-state index in [1.54, 1.807) is 0 Å². The highest BCUT2D eigenvalue weighted by atomic mass is 19.4. The lowest BCUT2D eigenvalue weighted by Gasteiger charge is -2.48. The molecule has 4 rings (SSSR count). The monoisotopic (exact) mass is 682 g/mol. The van der Waals surface area contributed by atoms with Gasteiger partial charge in [0.1, 0.15) is 12.2 Å². The fourth-order valence-corrected chi connectivity index (χ4v) is 8.95. The molecule has 0 aromatic carbocycles. The van der Waals surface area contributed by atoms with E-state index >= 15 is 0 Å². The third kappa shape index (κ3) is 6.62. The van der Waals surface area contributed by atoms with Crippen LogP contribution in [-0.4, -0.2) is 54.4 Å². The van der Waals surface area contributed by atoms with Crippen LogP contribution in [-0.2, 0) is 19.1 Å². The second-order valence-corrected chi connectivity index (χ2v) is 15.3. The van der Waals surface area contributed by atoms with Crippen molar-refractivity contribution >= 4 is 11.9 Å². The molecule has 4 fully saturated rings. The smallest absolute Gasteiger partial charge is 0.405 e. The molecule has 46 heavy (non-hydrogen) atoms. The number of rotatable bonds is 7. The van der Waals surface area contributed by atoms with E-state index < -0.39 is 95.6 Å². The fourth-order valence-electron chi connectivity index (χ4n) is 8.95. The first-order valence-corrected chi connectivity index (χ1v) is 15.9. The average molecular weight is 683 g/mol. The lowest BCUT2D eigenvalue weighted by Crippen LogP contribution is -2.54. The van der Waals surface area contributed by atoms with Gasteiger partial charge in [0.15, 0.2) is 10.8 Å². The lowest BCUT2D eigenvalue weighted by atomic mass is 9.58. The van der Waals surface area contributed by atoms with Crippen molar-refractivity contribution in [2.75, 3.05) is 13.2 Å². The Bertz CT molecular complexity index is 1110. The number of aliphatic hydroxyl groups is 1. The highest BCUT2D eigenvalue weighted by molar-refractivity contribution is 5.79. The van der Waals surface area contributed by atoms with Crippen LogP contribution in [0.3, 0.4) is 0 Å². The van der Waals surface area contributed by atoms with Gasteiger partial charge in [0.05, 0.1) is 12.0 Å². The lowest BCUT2D eigenvalue weighted by molar-refractivity contribution is -0.269. The summed E-state index contributed by atoms with van der Waals surface area (Å²) in [5.41, 5.74) is -8.05. The molecule has 4 bridgehead atoms. The normalized spacial score (nSPS) is 37.0. The summed E-state index contributed by atoms with van der Waals surface area (Å²) in [7, 11) is 0. The summed E-state index contributed by atoms with van der Waals surface area (Å²) in [6.45, 7) is 9.45. The van der Waals surface area contributed by atoms with E-state index in [-0.39, 0.29) is 43.4 Å². The summed E-state index contributed by atoms with van der Waals surface area (Å²) in [6, 6.07) is 0. The van der Waals surface area contributed by atoms with Gasteiger partial charge < -0.3 is 14.6 Å². The molecule has 5 nitrogen and oxygen atoms in total. The van der Waals surface area contributed by atoms with Crippen molar-refractivity contribution in [1.82, 2.24) is 0 Å². The summed E-state index contributed by atoms with van der Waals surface area (Å²) in [5, 5.41) is 8.86. The minimum atomic E-state index is -4.90. The average Bonchev–Trinajstić information content (AvgIpc) is 3.65. The summed E-state index contributed by atoms with van der Waals surface area (Å²) in [4.78, 5) is 24.0. The Morgan fingerprint density at radius 1 is 0.826 bits per heavy atom. The molecule has 10 atom stereocenters. The summed E-state index contributed by atoms with van der Waals surface area (Å²) < 4.78 is 134. The quantitative estimate of drug-likeness (QED) is 0.215. The Kier molecular flexibility index (Phi) is 10.6. The first-order chi connectivity index (χ1) is 20.7. The van der Waals surface area contributed by atoms with Crippen molar-refractivity contribution in [3.05, 3.63) is 0 Å². The predicted octanol–water partition coefficient (Wildman–Crippen LogP) is 8.67. The first kappa shape index (κ1) is 38.7. The van der Waals surface area contributed by atoms with E-state index in [2.05, 4.69) is 0 Å². The molecule has 1 N–H and O–H groups in total. The topological polar surface area (TPSA) is 72.8 Å². The number of alkyl halides is 9. The van der Waals surface area contributed by atoms with Crippen LogP contribution in [0.25, 0.3) is 0 Å². The molecule has 0 amide bonds. The van der Waals surface area contributed by atoms with Crippen LogP contribution in [0, 0.1) is 57.7 Å². The van der Waals surface area contributed by atoms with Crippen molar-refractivity contribution in [2.45, 2.75) is 118 Å². The van der Waals surface area contributed by atoms with Crippen molar-refractivity contribution in [2.24, 2.45) is 57.7 Å². The zero-order chi connectivity index (χ0) is 35.5. The zero-order valence-corrected chi connectivity index (χ0v) is 27.4. The second-order valence-electron chi connectivity index (χ2n) is 15.3.